The van der Waals surface area contributed by atoms with Crippen molar-refractivity contribution in [3.05, 3.63) is 60.0 Å². The van der Waals surface area contributed by atoms with Crippen molar-refractivity contribution in [2.24, 2.45) is 0 Å². The third-order valence-electron chi connectivity index (χ3n) is 4.61. The van der Waals surface area contributed by atoms with E-state index in [2.05, 4.69) is 4.98 Å². The highest BCUT2D eigenvalue weighted by molar-refractivity contribution is 7.93. The molecule has 3 aromatic rings. The van der Waals surface area contributed by atoms with Crippen molar-refractivity contribution in [2.75, 3.05) is 7.11 Å². The molecule has 1 heterocycles. The molecule has 5 nitrogen and oxygen atoms in total. The first kappa shape index (κ1) is 17.7. The summed E-state index contributed by atoms with van der Waals surface area (Å²) in [5.74, 6) is 0.147. The zero-order valence-electron chi connectivity index (χ0n) is 14.8. The lowest BCUT2D eigenvalue weighted by Gasteiger charge is -2.12. The first-order valence-electron chi connectivity index (χ1n) is 8.60. The molecule has 0 aliphatic heterocycles. The average molecular weight is 386 g/mol. The standard InChI is InChI=1S/C20H19FN2O3S/c1-25-20-11-18-16(10-17(20)21)19(7-8-23-18)26-12-13-3-2-4-15(9-13)27(22,24)14-5-6-14/h2-4,7-11,14,22H,5-6,12H2,1H3. The van der Waals surface area contributed by atoms with Gasteiger partial charge in [-0.05, 0) is 42.7 Å². The zero-order chi connectivity index (χ0) is 19.0. The van der Waals surface area contributed by atoms with Gasteiger partial charge in [-0.15, -0.1) is 0 Å². The van der Waals surface area contributed by atoms with E-state index in [0.29, 0.717) is 21.5 Å². The molecular weight excluding hydrogens is 367 g/mol. The number of pyridine rings is 1. The van der Waals surface area contributed by atoms with Gasteiger partial charge in [0.05, 0.1) is 22.4 Å². The van der Waals surface area contributed by atoms with Crippen molar-refractivity contribution >= 4 is 20.6 Å². The molecule has 1 fully saturated rings. The summed E-state index contributed by atoms with van der Waals surface area (Å²) in [6.07, 6.45) is 3.29. The van der Waals surface area contributed by atoms with Gasteiger partial charge in [-0.1, -0.05) is 12.1 Å². The molecule has 7 heteroatoms. The Hall–Kier alpha value is -2.67. The van der Waals surface area contributed by atoms with E-state index in [0.717, 1.165) is 18.4 Å². The minimum absolute atomic E-state index is 0.0317. The number of rotatable bonds is 6. The lowest BCUT2D eigenvalue weighted by molar-refractivity contribution is 0.309. The summed E-state index contributed by atoms with van der Waals surface area (Å²) in [5, 5.41) is 0.519. The summed E-state index contributed by atoms with van der Waals surface area (Å²) in [7, 11) is -1.34. The second-order valence-corrected chi connectivity index (χ2v) is 8.89. The molecule has 0 amide bonds. The Morgan fingerprint density at radius 2 is 2.04 bits per heavy atom. The smallest absolute Gasteiger partial charge is 0.165 e. The molecule has 1 atom stereocenters. The summed E-state index contributed by atoms with van der Waals surface area (Å²) in [6.45, 7) is 0.223. The van der Waals surface area contributed by atoms with Gasteiger partial charge in [0.15, 0.2) is 11.6 Å². The Bertz CT molecular complexity index is 1110. The third kappa shape index (κ3) is 3.47. The van der Waals surface area contributed by atoms with Crippen molar-refractivity contribution in [2.45, 2.75) is 29.6 Å². The Kier molecular flexibility index (Phi) is 4.47. The van der Waals surface area contributed by atoms with Gasteiger partial charge < -0.3 is 9.47 Å². The Labute approximate surface area is 157 Å². The van der Waals surface area contributed by atoms with Crippen LogP contribution in [0.4, 0.5) is 4.39 Å². The van der Waals surface area contributed by atoms with Crippen molar-refractivity contribution in [3.63, 3.8) is 0 Å². The largest absolute Gasteiger partial charge is 0.494 e. The van der Waals surface area contributed by atoms with E-state index in [1.807, 2.05) is 6.07 Å². The summed E-state index contributed by atoms with van der Waals surface area (Å²) in [5.41, 5.74) is 1.38. The Morgan fingerprint density at radius 3 is 2.78 bits per heavy atom. The molecule has 4 rings (SSSR count). The lowest BCUT2D eigenvalue weighted by Crippen LogP contribution is -2.06. The number of hydrogen-bond donors (Lipinski definition) is 1. The fraction of sp³-hybridized carbons (Fsp3) is 0.250. The van der Waals surface area contributed by atoms with E-state index in [1.54, 1.807) is 30.5 Å². The molecule has 1 saturated carbocycles. The maximum absolute atomic E-state index is 14.1. The van der Waals surface area contributed by atoms with Crippen molar-refractivity contribution < 1.29 is 18.1 Å². The highest BCUT2D eigenvalue weighted by Crippen LogP contribution is 2.34. The molecule has 140 valence electrons. The molecule has 0 radical (unpaired) electrons. The van der Waals surface area contributed by atoms with Crippen LogP contribution in [-0.2, 0) is 16.3 Å². The molecule has 1 aliphatic rings. The van der Waals surface area contributed by atoms with Crippen LogP contribution in [0.25, 0.3) is 10.9 Å². The predicted molar refractivity (Wildman–Crippen MR) is 101 cm³/mol. The Balaban J connectivity index is 1.60. The van der Waals surface area contributed by atoms with E-state index in [9.17, 15) is 8.60 Å². The number of ether oxygens (including phenoxy) is 2. The maximum Gasteiger partial charge on any atom is 0.165 e. The average Bonchev–Trinajstić information content (AvgIpc) is 3.52. The fourth-order valence-electron chi connectivity index (χ4n) is 2.98. The van der Waals surface area contributed by atoms with Gasteiger partial charge in [-0.3, -0.25) is 4.98 Å². The molecule has 1 unspecified atom stereocenters. The minimum atomic E-state index is -2.75. The topological polar surface area (TPSA) is 72.3 Å². The Morgan fingerprint density at radius 1 is 1.22 bits per heavy atom. The van der Waals surface area contributed by atoms with Crippen LogP contribution in [0, 0.1) is 10.6 Å². The number of nitrogens with one attached hydrogen (secondary N) is 1. The zero-order valence-corrected chi connectivity index (χ0v) is 15.6. The van der Waals surface area contributed by atoms with Crippen molar-refractivity contribution in [1.82, 2.24) is 4.98 Å². The van der Waals surface area contributed by atoms with Crippen LogP contribution in [0.1, 0.15) is 18.4 Å². The molecule has 0 spiro atoms. The van der Waals surface area contributed by atoms with Crippen LogP contribution in [-0.4, -0.2) is 21.6 Å². The molecule has 2 aromatic carbocycles. The van der Waals surface area contributed by atoms with E-state index in [1.165, 1.54) is 19.2 Å². The van der Waals surface area contributed by atoms with E-state index < -0.39 is 15.5 Å². The maximum atomic E-state index is 14.1. The molecule has 0 bridgehead atoms. The normalized spacial score (nSPS) is 16.1. The van der Waals surface area contributed by atoms with Crippen LogP contribution in [0.15, 0.2) is 53.6 Å². The van der Waals surface area contributed by atoms with Crippen LogP contribution in [0.2, 0.25) is 0 Å². The molecule has 1 N–H and O–H groups in total. The number of halogens is 1. The van der Waals surface area contributed by atoms with Crippen LogP contribution in [0.5, 0.6) is 11.5 Å². The highest BCUT2D eigenvalue weighted by atomic mass is 32.2. The number of methoxy groups -OCH3 is 1. The number of hydrogen-bond acceptors (Lipinski definition) is 5. The summed E-state index contributed by atoms with van der Waals surface area (Å²) >= 11 is 0. The lowest BCUT2D eigenvalue weighted by atomic mass is 10.2. The number of fused-ring (bicyclic) bond motifs is 1. The van der Waals surface area contributed by atoms with E-state index in [-0.39, 0.29) is 17.6 Å². The SMILES string of the molecule is COc1cc2nccc(OCc3cccc(S(=N)(=O)C4CC4)c3)c2cc1F. The third-order valence-corrected chi connectivity index (χ3v) is 6.98. The van der Waals surface area contributed by atoms with Gasteiger partial charge in [0.25, 0.3) is 0 Å². The van der Waals surface area contributed by atoms with Gasteiger partial charge in [0.2, 0.25) is 0 Å². The van der Waals surface area contributed by atoms with Crippen LogP contribution < -0.4 is 9.47 Å². The molecular formula is C20H19FN2O3S. The van der Waals surface area contributed by atoms with Crippen LogP contribution in [0.3, 0.4) is 0 Å². The first-order chi connectivity index (χ1) is 13.0. The van der Waals surface area contributed by atoms with E-state index >= 15 is 0 Å². The quantitative estimate of drug-likeness (QED) is 0.676. The van der Waals surface area contributed by atoms with Crippen molar-refractivity contribution in [1.29, 1.82) is 4.78 Å². The summed E-state index contributed by atoms with van der Waals surface area (Å²) in [4.78, 5) is 4.77. The second kappa shape index (κ2) is 6.81. The number of nitrogens with zero attached hydrogens (tertiary/aromatic N) is 1. The van der Waals surface area contributed by atoms with Gasteiger partial charge >= 0.3 is 0 Å². The van der Waals surface area contributed by atoms with E-state index in [4.69, 9.17) is 14.3 Å². The van der Waals surface area contributed by atoms with Gasteiger partial charge in [-0.2, -0.15) is 0 Å². The van der Waals surface area contributed by atoms with Gasteiger partial charge in [-0.25, -0.2) is 13.4 Å². The van der Waals surface area contributed by atoms with Gasteiger partial charge in [0.1, 0.15) is 12.4 Å². The number of benzene rings is 2. The van der Waals surface area contributed by atoms with Gasteiger partial charge in [0, 0.05) is 27.8 Å². The highest BCUT2D eigenvalue weighted by Gasteiger charge is 2.33. The first-order valence-corrected chi connectivity index (χ1v) is 10.2. The minimum Gasteiger partial charge on any atom is -0.494 e. The van der Waals surface area contributed by atoms with Crippen molar-refractivity contribution in [3.8, 4) is 11.5 Å². The van der Waals surface area contributed by atoms with Crippen LogP contribution >= 0.6 is 0 Å². The fourth-order valence-corrected chi connectivity index (χ4v) is 4.77. The molecule has 0 saturated heterocycles. The molecule has 27 heavy (non-hydrogen) atoms. The second-order valence-electron chi connectivity index (χ2n) is 6.55. The molecule has 1 aromatic heterocycles. The summed E-state index contributed by atoms with van der Waals surface area (Å²) < 4.78 is 45.7. The molecule has 1 aliphatic carbocycles. The predicted octanol–water partition coefficient (Wildman–Crippen LogP) is 4.53. The monoisotopic (exact) mass is 386 g/mol. The summed E-state index contributed by atoms with van der Waals surface area (Å²) in [6, 6.07) is 11.7. The number of aromatic nitrogens is 1.